The minimum absolute atomic E-state index is 0.152. The molecule has 1 fully saturated rings. The molecule has 1 aromatic rings. The number of halogens is 1. The van der Waals surface area contributed by atoms with Gasteiger partial charge < -0.3 is 5.32 Å². The lowest BCUT2D eigenvalue weighted by Gasteiger charge is -2.21. The van der Waals surface area contributed by atoms with Crippen LogP contribution in [0.5, 0.6) is 0 Å². The zero-order chi connectivity index (χ0) is 14.0. The van der Waals surface area contributed by atoms with Crippen LogP contribution in [-0.4, -0.2) is 26.0 Å². The normalized spacial score (nSPS) is 23.0. The molecule has 1 aromatic carbocycles. The van der Waals surface area contributed by atoms with Crippen molar-refractivity contribution in [3.8, 4) is 6.07 Å². The highest BCUT2D eigenvalue weighted by molar-refractivity contribution is 7.91. The van der Waals surface area contributed by atoms with E-state index in [1.165, 1.54) is 6.26 Å². The first-order valence-corrected chi connectivity index (χ1v) is 8.40. The number of nitrogens with one attached hydrogen (secondary N) is 1. The van der Waals surface area contributed by atoms with E-state index < -0.39 is 15.1 Å². The van der Waals surface area contributed by atoms with E-state index in [1.54, 1.807) is 18.2 Å². The highest BCUT2D eigenvalue weighted by Gasteiger charge is 2.34. The molecule has 102 valence electrons. The Morgan fingerprint density at radius 2 is 2.16 bits per heavy atom. The molecular formula is C13H15ClN2O2S. The lowest BCUT2D eigenvalue weighted by atomic mass is 10.1. The van der Waals surface area contributed by atoms with Crippen LogP contribution in [0.2, 0.25) is 5.02 Å². The van der Waals surface area contributed by atoms with Gasteiger partial charge in [0.05, 0.1) is 16.5 Å². The summed E-state index contributed by atoms with van der Waals surface area (Å²) in [4.78, 5) is 0. The van der Waals surface area contributed by atoms with Crippen molar-refractivity contribution in [3.63, 3.8) is 0 Å². The molecule has 0 aromatic heterocycles. The molecule has 0 amide bonds. The first-order valence-electron chi connectivity index (χ1n) is 6.07. The van der Waals surface area contributed by atoms with E-state index in [-0.39, 0.29) is 6.04 Å². The Morgan fingerprint density at radius 1 is 1.42 bits per heavy atom. The minimum atomic E-state index is -3.08. The maximum absolute atomic E-state index is 11.7. The van der Waals surface area contributed by atoms with E-state index in [0.29, 0.717) is 22.7 Å². The summed E-state index contributed by atoms with van der Waals surface area (Å²) in [5, 5.41) is 12.4. The number of nitriles is 1. The van der Waals surface area contributed by atoms with Crippen LogP contribution in [0, 0.1) is 11.3 Å². The average molecular weight is 299 g/mol. The minimum Gasteiger partial charge on any atom is -0.380 e. The molecule has 0 aliphatic heterocycles. The van der Waals surface area contributed by atoms with Gasteiger partial charge in [-0.15, -0.1) is 0 Å². The Kier molecular flexibility index (Phi) is 4.02. The molecule has 1 aliphatic carbocycles. The van der Waals surface area contributed by atoms with Crippen molar-refractivity contribution in [3.05, 3.63) is 28.8 Å². The predicted molar refractivity (Wildman–Crippen MR) is 76.1 cm³/mol. The van der Waals surface area contributed by atoms with Crippen molar-refractivity contribution < 1.29 is 8.42 Å². The van der Waals surface area contributed by atoms with Gasteiger partial charge in [0, 0.05) is 17.3 Å². The molecule has 0 saturated heterocycles. The van der Waals surface area contributed by atoms with E-state index in [9.17, 15) is 8.42 Å². The zero-order valence-electron chi connectivity index (χ0n) is 10.6. The molecule has 2 unspecified atom stereocenters. The van der Waals surface area contributed by atoms with E-state index in [0.717, 1.165) is 12.8 Å². The molecule has 4 nitrogen and oxygen atoms in total. The molecule has 1 N–H and O–H groups in total. The Labute approximate surface area is 118 Å². The molecule has 0 heterocycles. The molecule has 1 saturated carbocycles. The largest absolute Gasteiger partial charge is 0.380 e. The fourth-order valence-electron chi connectivity index (χ4n) is 2.54. The van der Waals surface area contributed by atoms with Crippen molar-refractivity contribution in [1.82, 2.24) is 0 Å². The van der Waals surface area contributed by atoms with E-state index >= 15 is 0 Å². The molecule has 19 heavy (non-hydrogen) atoms. The van der Waals surface area contributed by atoms with Gasteiger partial charge in [-0.2, -0.15) is 5.26 Å². The second kappa shape index (κ2) is 5.40. The van der Waals surface area contributed by atoms with Crippen molar-refractivity contribution in [1.29, 1.82) is 5.26 Å². The first-order chi connectivity index (χ1) is 8.91. The van der Waals surface area contributed by atoms with Gasteiger partial charge in [0.25, 0.3) is 0 Å². The third-order valence-electron chi connectivity index (χ3n) is 3.45. The summed E-state index contributed by atoms with van der Waals surface area (Å²) in [5.41, 5.74) is 1.08. The summed E-state index contributed by atoms with van der Waals surface area (Å²) < 4.78 is 23.4. The SMILES string of the molecule is CS(=O)(=O)C1CCCC1Nc1cc(Cl)ccc1C#N. The second-order valence-electron chi connectivity index (χ2n) is 4.85. The smallest absolute Gasteiger partial charge is 0.152 e. The van der Waals surface area contributed by atoms with Crippen LogP contribution in [0.4, 0.5) is 5.69 Å². The quantitative estimate of drug-likeness (QED) is 0.931. The van der Waals surface area contributed by atoms with Gasteiger partial charge in [-0.05, 0) is 37.5 Å². The monoisotopic (exact) mass is 298 g/mol. The highest BCUT2D eigenvalue weighted by Crippen LogP contribution is 2.30. The summed E-state index contributed by atoms with van der Waals surface area (Å²) in [5.74, 6) is 0. The number of nitrogens with zero attached hydrogens (tertiary/aromatic N) is 1. The molecule has 2 rings (SSSR count). The van der Waals surface area contributed by atoms with Crippen molar-refractivity contribution >= 4 is 27.1 Å². The van der Waals surface area contributed by atoms with Crippen LogP contribution in [-0.2, 0) is 9.84 Å². The first kappa shape index (κ1) is 14.2. The Morgan fingerprint density at radius 3 is 2.79 bits per heavy atom. The molecule has 0 spiro atoms. The number of hydrogen-bond donors (Lipinski definition) is 1. The van der Waals surface area contributed by atoms with E-state index in [1.807, 2.05) is 0 Å². The lowest BCUT2D eigenvalue weighted by molar-refractivity contribution is 0.579. The van der Waals surface area contributed by atoms with Crippen molar-refractivity contribution in [2.45, 2.75) is 30.6 Å². The maximum Gasteiger partial charge on any atom is 0.152 e. The fourth-order valence-corrected chi connectivity index (χ4v) is 4.10. The van der Waals surface area contributed by atoms with Gasteiger partial charge in [0.2, 0.25) is 0 Å². The third kappa shape index (κ3) is 3.20. The zero-order valence-corrected chi connectivity index (χ0v) is 12.1. The number of hydrogen-bond acceptors (Lipinski definition) is 4. The number of rotatable bonds is 3. The average Bonchev–Trinajstić information content (AvgIpc) is 2.77. The van der Waals surface area contributed by atoms with E-state index in [4.69, 9.17) is 16.9 Å². The number of benzene rings is 1. The van der Waals surface area contributed by atoms with Gasteiger partial charge in [0.15, 0.2) is 9.84 Å². The summed E-state index contributed by atoms with van der Waals surface area (Å²) >= 11 is 5.92. The van der Waals surface area contributed by atoms with Crippen molar-refractivity contribution in [2.75, 3.05) is 11.6 Å². The summed E-state index contributed by atoms with van der Waals surface area (Å²) in [6, 6.07) is 6.87. The molecule has 2 atom stereocenters. The van der Waals surface area contributed by atoms with Gasteiger partial charge in [0.1, 0.15) is 6.07 Å². The highest BCUT2D eigenvalue weighted by atomic mass is 35.5. The molecular weight excluding hydrogens is 284 g/mol. The second-order valence-corrected chi connectivity index (χ2v) is 7.55. The summed E-state index contributed by atoms with van der Waals surface area (Å²) in [6.07, 6.45) is 3.59. The van der Waals surface area contributed by atoms with Crippen LogP contribution in [0.25, 0.3) is 0 Å². The molecule has 0 radical (unpaired) electrons. The van der Waals surface area contributed by atoms with Gasteiger partial charge in [-0.3, -0.25) is 0 Å². The van der Waals surface area contributed by atoms with Crippen LogP contribution >= 0.6 is 11.6 Å². The fraction of sp³-hybridized carbons (Fsp3) is 0.462. The molecule has 0 bridgehead atoms. The third-order valence-corrected chi connectivity index (χ3v) is 5.34. The number of anilines is 1. The number of sulfone groups is 1. The molecule has 1 aliphatic rings. The maximum atomic E-state index is 11.7. The summed E-state index contributed by atoms with van der Waals surface area (Å²) in [7, 11) is -3.08. The van der Waals surface area contributed by atoms with Crippen LogP contribution in [0.15, 0.2) is 18.2 Å². The van der Waals surface area contributed by atoms with Crippen LogP contribution in [0.1, 0.15) is 24.8 Å². The van der Waals surface area contributed by atoms with Gasteiger partial charge in [-0.25, -0.2) is 8.42 Å². The van der Waals surface area contributed by atoms with Crippen molar-refractivity contribution in [2.24, 2.45) is 0 Å². The standard InChI is InChI=1S/C13H15ClN2O2S/c1-19(17,18)13-4-2-3-11(13)16-12-7-10(14)6-5-9(12)8-15/h5-7,11,13,16H,2-4H2,1H3. The van der Waals surface area contributed by atoms with Crippen LogP contribution < -0.4 is 5.32 Å². The summed E-state index contributed by atoms with van der Waals surface area (Å²) in [6.45, 7) is 0. The van der Waals surface area contributed by atoms with E-state index in [2.05, 4.69) is 11.4 Å². The van der Waals surface area contributed by atoms with Crippen LogP contribution in [0.3, 0.4) is 0 Å². The topological polar surface area (TPSA) is 70.0 Å². The predicted octanol–water partition coefficient (Wildman–Crippen LogP) is 2.59. The Bertz CT molecular complexity index is 622. The Balaban J connectivity index is 2.26. The lowest BCUT2D eigenvalue weighted by Crippen LogP contribution is -2.34. The Hall–Kier alpha value is -1.25. The van der Waals surface area contributed by atoms with Gasteiger partial charge >= 0.3 is 0 Å². The van der Waals surface area contributed by atoms with Gasteiger partial charge in [-0.1, -0.05) is 11.6 Å². The molecule has 6 heteroatoms.